The number of aliphatic imine (C=N–C) groups is 1. The Hall–Kier alpha value is -4.14. The summed E-state index contributed by atoms with van der Waals surface area (Å²) in [7, 11) is 4.60. The molecule has 0 amide bonds. The highest BCUT2D eigenvalue weighted by Gasteiger charge is 2.53. The summed E-state index contributed by atoms with van der Waals surface area (Å²) in [6.07, 6.45) is 0.303. The van der Waals surface area contributed by atoms with Crippen molar-refractivity contribution in [3.63, 3.8) is 0 Å². The summed E-state index contributed by atoms with van der Waals surface area (Å²) in [5.74, 6) is -3.34. The lowest BCUT2D eigenvalue weighted by atomic mass is 9.62. The van der Waals surface area contributed by atoms with Crippen molar-refractivity contribution >= 4 is 23.4 Å². The van der Waals surface area contributed by atoms with Gasteiger partial charge < -0.3 is 23.7 Å². The van der Waals surface area contributed by atoms with Crippen LogP contribution in [0.3, 0.4) is 0 Å². The molecule has 0 bridgehead atoms. The lowest BCUT2D eigenvalue weighted by molar-refractivity contribution is -0.153. The first kappa shape index (κ1) is 28.9. The molecule has 1 heterocycles. The third-order valence-corrected chi connectivity index (χ3v) is 7.49. The van der Waals surface area contributed by atoms with Gasteiger partial charge >= 0.3 is 11.9 Å². The van der Waals surface area contributed by atoms with Crippen LogP contribution in [-0.2, 0) is 23.9 Å². The van der Waals surface area contributed by atoms with Gasteiger partial charge in [0.1, 0.15) is 11.7 Å². The van der Waals surface area contributed by atoms with Crippen LogP contribution in [0.5, 0.6) is 17.2 Å². The Labute approximate surface area is 234 Å². The molecule has 2 aliphatic rings. The van der Waals surface area contributed by atoms with Gasteiger partial charge in [-0.2, -0.15) is 0 Å². The molecule has 40 heavy (non-hydrogen) atoms. The molecule has 0 radical (unpaired) electrons. The van der Waals surface area contributed by atoms with Gasteiger partial charge in [-0.05, 0) is 56.5 Å². The van der Waals surface area contributed by atoms with Crippen molar-refractivity contribution in [1.82, 2.24) is 0 Å². The number of allylic oxidation sites excluding steroid dienone is 1. The highest BCUT2D eigenvalue weighted by Crippen LogP contribution is 2.50. The van der Waals surface area contributed by atoms with Gasteiger partial charge in [0.2, 0.25) is 0 Å². The van der Waals surface area contributed by atoms with Crippen LogP contribution >= 0.6 is 0 Å². The highest BCUT2D eigenvalue weighted by atomic mass is 16.5. The van der Waals surface area contributed by atoms with E-state index in [1.54, 1.807) is 52.1 Å². The molecule has 1 unspecified atom stereocenters. The van der Waals surface area contributed by atoms with Gasteiger partial charge in [0.25, 0.3) is 0 Å². The van der Waals surface area contributed by atoms with Crippen molar-refractivity contribution < 1.29 is 38.1 Å². The van der Waals surface area contributed by atoms with Gasteiger partial charge in [0.05, 0.1) is 46.0 Å². The van der Waals surface area contributed by atoms with Crippen molar-refractivity contribution in [2.75, 3.05) is 34.5 Å². The molecule has 9 nitrogen and oxygen atoms in total. The van der Waals surface area contributed by atoms with Crippen molar-refractivity contribution in [2.45, 2.75) is 39.0 Å². The van der Waals surface area contributed by atoms with E-state index in [9.17, 15) is 14.4 Å². The molecule has 1 aliphatic carbocycles. The van der Waals surface area contributed by atoms with E-state index >= 15 is 0 Å². The number of carbonyl (C=O) groups is 3. The molecule has 9 heteroatoms. The molecule has 2 aromatic carbocycles. The summed E-state index contributed by atoms with van der Waals surface area (Å²) >= 11 is 0. The zero-order chi connectivity index (χ0) is 29.0. The third-order valence-electron chi connectivity index (χ3n) is 7.49. The van der Waals surface area contributed by atoms with E-state index in [1.165, 1.54) is 14.2 Å². The molecule has 4 atom stereocenters. The average Bonchev–Trinajstić information content (AvgIpc) is 2.95. The number of methoxy groups -OCH3 is 3. The Morgan fingerprint density at radius 1 is 0.875 bits per heavy atom. The van der Waals surface area contributed by atoms with E-state index in [0.717, 1.165) is 5.56 Å². The van der Waals surface area contributed by atoms with Gasteiger partial charge in [-0.15, -0.1) is 0 Å². The number of ketones is 1. The predicted octanol–water partition coefficient (Wildman–Crippen LogP) is 4.64. The molecule has 2 aromatic rings. The molecule has 0 N–H and O–H groups in total. The molecular formula is C31H35NO8. The van der Waals surface area contributed by atoms with Crippen molar-refractivity contribution in [3.05, 3.63) is 64.9 Å². The second-order valence-corrected chi connectivity index (χ2v) is 9.58. The van der Waals surface area contributed by atoms with Gasteiger partial charge in [-0.25, -0.2) is 4.79 Å². The normalized spacial score (nSPS) is 22.1. The summed E-state index contributed by atoms with van der Waals surface area (Å²) in [6, 6.07) is 12.6. The Balaban J connectivity index is 1.93. The lowest BCUT2D eigenvalue weighted by Crippen LogP contribution is -2.48. The average molecular weight is 550 g/mol. The topological polar surface area (TPSA) is 110 Å². The SMILES string of the molecule is CCOC(=O)C1=C(C)N=C2C[C@H](c3ccccc3OC)[C@H](C(=O)OCC)C(=O)C2[C@@H]1c1ccc(OC)c(OC)c1. The monoisotopic (exact) mass is 549 g/mol. The molecule has 1 saturated carbocycles. The second kappa shape index (κ2) is 12.4. The molecule has 1 fully saturated rings. The standard InChI is InChI=1S/C31H35NO8/c1-7-39-30(34)25-17(3)32-21-16-20(19-11-9-10-12-22(19)36-4)27(31(35)40-8-2)29(33)28(21)26(25)18-13-14-23(37-5)24(15-18)38-6/h9-15,20,26-28H,7-8,16H2,1-6H3/t20-,26-,27+,28?/m1/s1. The zero-order valence-corrected chi connectivity index (χ0v) is 23.7. The number of hydrogen-bond donors (Lipinski definition) is 0. The van der Waals surface area contributed by atoms with E-state index in [0.29, 0.717) is 40.6 Å². The van der Waals surface area contributed by atoms with Gasteiger partial charge in [0, 0.05) is 23.2 Å². The Bertz CT molecular complexity index is 1360. The number of para-hydroxylation sites is 1. The first-order valence-corrected chi connectivity index (χ1v) is 13.3. The molecule has 0 spiro atoms. The summed E-state index contributed by atoms with van der Waals surface area (Å²) in [5, 5.41) is 0. The zero-order valence-electron chi connectivity index (χ0n) is 23.7. The molecule has 1 aliphatic heterocycles. The molecular weight excluding hydrogens is 514 g/mol. The molecule has 0 saturated heterocycles. The maximum Gasteiger partial charge on any atom is 0.336 e. The van der Waals surface area contributed by atoms with Crippen LogP contribution in [-0.4, -0.2) is 58.0 Å². The van der Waals surface area contributed by atoms with Gasteiger partial charge in [0.15, 0.2) is 17.3 Å². The largest absolute Gasteiger partial charge is 0.496 e. The number of fused-ring (bicyclic) bond motifs is 1. The summed E-state index contributed by atoms with van der Waals surface area (Å²) < 4.78 is 27.4. The lowest BCUT2D eigenvalue weighted by Gasteiger charge is -2.41. The fourth-order valence-corrected chi connectivity index (χ4v) is 5.83. The van der Waals surface area contributed by atoms with E-state index in [4.69, 9.17) is 28.7 Å². The van der Waals surface area contributed by atoms with Crippen molar-refractivity contribution in [1.29, 1.82) is 0 Å². The smallest absolute Gasteiger partial charge is 0.336 e. The summed E-state index contributed by atoms with van der Waals surface area (Å²) in [5.41, 5.74) is 2.69. The Kier molecular flexibility index (Phi) is 8.92. The van der Waals surface area contributed by atoms with E-state index in [-0.39, 0.29) is 24.6 Å². The van der Waals surface area contributed by atoms with Crippen LogP contribution in [0.2, 0.25) is 0 Å². The summed E-state index contributed by atoms with van der Waals surface area (Å²) in [4.78, 5) is 46.0. The number of benzene rings is 2. The summed E-state index contributed by atoms with van der Waals surface area (Å²) in [6.45, 7) is 5.44. The minimum Gasteiger partial charge on any atom is -0.496 e. The molecule has 0 aromatic heterocycles. The van der Waals surface area contributed by atoms with Crippen molar-refractivity contribution in [3.8, 4) is 17.2 Å². The number of nitrogens with zero attached hydrogens (tertiary/aromatic N) is 1. The highest BCUT2D eigenvalue weighted by molar-refractivity contribution is 6.18. The first-order valence-electron chi connectivity index (χ1n) is 13.3. The number of ether oxygens (including phenoxy) is 5. The second-order valence-electron chi connectivity index (χ2n) is 9.58. The number of esters is 2. The number of carbonyl (C=O) groups excluding carboxylic acids is 3. The number of Topliss-reactive ketones (excluding diaryl/α,β-unsaturated/α-hetero) is 1. The van der Waals surface area contributed by atoms with Crippen LogP contribution in [0.25, 0.3) is 0 Å². The minimum absolute atomic E-state index is 0.124. The molecule has 212 valence electrons. The predicted molar refractivity (Wildman–Crippen MR) is 148 cm³/mol. The van der Waals surface area contributed by atoms with E-state index in [2.05, 4.69) is 0 Å². The van der Waals surface area contributed by atoms with Crippen molar-refractivity contribution in [2.24, 2.45) is 16.8 Å². The van der Waals surface area contributed by atoms with E-state index in [1.807, 2.05) is 18.2 Å². The minimum atomic E-state index is -1.12. The maximum absolute atomic E-state index is 14.5. The molecule has 4 rings (SSSR count). The number of hydrogen-bond acceptors (Lipinski definition) is 9. The Morgan fingerprint density at radius 2 is 1.55 bits per heavy atom. The van der Waals surface area contributed by atoms with Crippen LogP contribution < -0.4 is 14.2 Å². The van der Waals surface area contributed by atoms with E-state index < -0.39 is 35.6 Å². The van der Waals surface area contributed by atoms with Crippen LogP contribution in [0.1, 0.15) is 50.2 Å². The van der Waals surface area contributed by atoms with Gasteiger partial charge in [-0.3, -0.25) is 14.6 Å². The Morgan fingerprint density at radius 3 is 2.20 bits per heavy atom. The number of rotatable bonds is 9. The van der Waals surface area contributed by atoms with Gasteiger partial charge in [-0.1, -0.05) is 24.3 Å². The van der Waals surface area contributed by atoms with Crippen LogP contribution in [0, 0.1) is 11.8 Å². The van der Waals surface area contributed by atoms with Crippen LogP contribution in [0.4, 0.5) is 0 Å². The fraction of sp³-hybridized carbons (Fsp3) is 0.419. The quantitative estimate of drug-likeness (QED) is 0.329. The fourth-order valence-electron chi connectivity index (χ4n) is 5.83. The van der Waals surface area contributed by atoms with Crippen LogP contribution in [0.15, 0.2) is 58.7 Å². The first-order chi connectivity index (χ1) is 19.3. The maximum atomic E-state index is 14.5. The third kappa shape index (κ3) is 5.20.